The van der Waals surface area contributed by atoms with E-state index in [1.807, 2.05) is 18.2 Å². The molecule has 0 aliphatic heterocycles. The highest BCUT2D eigenvalue weighted by Crippen LogP contribution is 2.25. The number of amides is 1. The van der Waals surface area contributed by atoms with Crippen molar-refractivity contribution in [2.45, 2.75) is 6.61 Å². The maximum Gasteiger partial charge on any atom is 0.338 e. The van der Waals surface area contributed by atoms with Crippen LogP contribution in [0.1, 0.15) is 26.3 Å². The topological polar surface area (TPSA) is 111 Å². The van der Waals surface area contributed by atoms with Crippen molar-refractivity contribution in [1.29, 1.82) is 0 Å². The van der Waals surface area contributed by atoms with Gasteiger partial charge in [-0.05, 0) is 42.0 Å². The number of esters is 1. The minimum atomic E-state index is -0.674. The molecule has 152 valence electrons. The maximum absolute atomic E-state index is 12.3. The summed E-state index contributed by atoms with van der Waals surface area (Å²) in [5.74, 6) is -0.923. The molecular weight excluding hydrogens is 386 g/mol. The molecule has 3 aromatic rings. The van der Waals surface area contributed by atoms with Gasteiger partial charge in [-0.2, -0.15) is 0 Å². The lowest BCUT2D eigenvalue weighted by Gasteiger charge is -2.08. The third-order valence-electron chi connectivity index (χ3n) is 4.32. The molecule has 3 aromatic carbocycles. The van der Waals surface area contributed by atoms with Crippen LogP contribution in [0.4, 0.5) is 17.1 Å². The molecule has 0 spiro atoms. The van der Waals surface area contributed by atoms with Crippen molar-refractivity contribution in [2.75, 3.05) is 17.7 Å². The van der Waals surface area contributed by atoms with Gasteiger partial charge in [0.05, 0.1) is 10.5 Å². The molecule has 8 nitrogen and oxygen atoms in total. The highest BCUT2D eigenvalue weighted by atomic mass is 16.6. The van der Waals surface area contributed by atoms with Gasteiger partial charge in [-0.1, -0.05) is 30.3 Å². The summed E-state index contributed by atoms with van der Waals surface area (Å²) >= 11 is 0. The zero-order valence-electron chi connectivity index (χ0n) is 16.1. The zero-order chi connectivity index (χ0) is 21.5. The number of nitro groups is 1. The van der Waals surface area contributed by atoms with Crippen LogP contribution in [0.5, 0.6) is 0 Å². The van der Waals surface area contributed by atoms with E-state index in [4.69, 9.17) is 4.74 Å². The van der Waals surface area contributed by atoms with Crippen molar-refractivity contribution in [3.63, 3.8) is 0 Å². The Balaban J connectivity index is 1.61. The Kier molecular flexibility index (Phi) is 6.39. The summed E-state index contributed by atoms with van der Waals surface area (Å²) in [4.78, 5) is 35.1. The van der Waals surface area contributed by atoms with Crippen LogP contribution in [0, 0.1) is 10.1 Å². The standard InChI is InChI=1S/C22H19N3O5/c1-23-19-12-11-17(13-20(19)25(28)29)22(27)30-14-15-7-9-16(10-8-15)21(26)24-18-5-3-2-4-6-18/h2-13,23H,14H2,1H3,(H,24,26). The third-order valence-corrected chi connectivity index (χ3v) is 4.32. The first-order valence-electron chi connectivity index (χ1n) is 9.06. The first-order valence-corrected chi connectivity index (χ1v) is 9.06. The van der Waals surface area contributed by atoms with E-state index >= 15 is 0 Å². The van der Waals surface area contributed by atoms with Crippen LogP contribution in [0.25, 0.3) is 0 Å². The van der Waals surface area contributed by atoms with Crippen molar-refractivity contribution in [3.05, 3.63) is 99.6 Å². The number of hydrogen-bond acceptors (Lipinski definition) is 6. The Morgan fingerprint density at radius 2 is 1.63 bits per heavy atom. The predicted octanol–water partition coefficient (Wildman–Crippen LogP) is 4.25. The van der Waals surface area contributed by atoms with Crippen LogP contribution in [0.2, 0.25) is 0 Å². The number of anilines is 2. The van der Waals surface area contributed by atoms with Gasteiger partial charge < -0.3 is 15.4 Å². The van der Waals surface area contributed by atoms with Crippen LogP contribution in [-0.4, -0.2) is 23.8 Å². The Bertz CT molecular complexity index is 1070. The first kappa shape index (κ1) is 20.5. The second-order valence-electron chi connectivity index (χ2n) is 6.33. The van der Waals surface area contributed by atoms with Gasteiger partial charge in [0.25, 0.3) is 11.6 Å². The fraction of sp³-hybridized carbons (Fsp3) is 0.0909. The van der Waals surface area contributed by atoms with E-state index < -0.39 is 10.9 Å². The van der Waals surface area contributed by atoms with Crippen LogP contribution in [0.15, 0.2) is 72.8 Å². The molecule has 0 atom stereocenters. The van der Waals surface area contributed by atoms with Crippen molar-refractivity contribution in [1.82, 2.24) is 0 Å². The van der Waals surface area contributed by atoms with Gasteiger partial charge in [0.15, 0.2) is 0 Å². The fourth-order valence-electron chi connectivity index (χ4n) is 2.73. The van der Waals surface area contributed by atoms with Crippen molar-refractivity contribution in [3.8, 4) is 0 Å². The summed E-state index contributed by atoms with van der Waals surface area (Å²) in [7, 11) is 1.56. The molecule has 0 fully saturated rings. The van der Waals surface area contributed by atoms with Crippen LogP contribution >= 0.6 is 0 Å². The second-order valence-corrected chi connectivity index (χ2v) is 6.33. The number of nitrogens with one attached hydrogen (secondary N) is 2. The molecule has 30 heavy (non-hydrogen) atoms. The Labute approximate surface area is 172 Å². The molecule has 0 unspecified atom stereocenters. The first-order chi connectivity index (χ1) is 14.5. The molecule has 0 bridgehead atoms. The fourth-order valence-corrected chi connectivity index (χ4v) is 2.73. The number of carbonyl (C=O) groups excluding carboxylic acids is 2. The Morgan fingerprint density at radius 1 is 0.967 bits per heavy atom. The average molecular weight is 405 g/mol. The molecule has 1 amide bonds. The summed E-state index contributed by atoms with van der Waals surface area (Å²) in [6.45, 7) is -0.0268. The number of carbonyl (C=O) groups is 2. The normalized spacial score (nSPS) is 10.2. The Hall–Kier alpha value is -4.20. The van der Waals surface area contributed by atoms with E-state index in [2.05, 4.69) is 10.6 Å². The molecule has 0 radical (unpaired) electrons. The van der Waals surface area contributed by atoms with Gasteiger partial charge >= 0.3 is 5.97 Å². The van der Waals surface area contributed by atoms with Crippen LogP contribution in [0.3, 0.4) is 0 Å². The van der Waals surface area contributed by atoms with E-state index in [1.165, 1.54) is 18.2 Å². The lowest BCUT2D eigenvalue weighted by Crippen LogP contribution is -2.12. The molecular formula is C22H19N3O5. The average Bonchev–Trinajstić information content (AvgIpc) is 2.78. The van der Waals surface area contributed by atoms with Crippen molar-refractivity contribution in [2.24, 2.45) is 0 Å². The summed E-state index contributed by atoms with van der Waals surface area (Å²) in [5, 5.41) is 16.6. The monoisotopic (exact) mass is 405 g/mol. The quantitative estimate of drug-likeness (QED) is 0.345. The molecule has 0 aliphatic rings. The van der Waals surface area contributed by atoms with E-state index in [-0.39, 0.29) is 23.8 Å². The number of para-hydroxylation sites is 1. The number of rotatable bonds is 7. The van der Waals surface area contributed by atoms with Gasteiger partial charge in [-0.25, -0.2) is 4.79 Å². The molecule has 2 N–H and O–H groups in total. The van der Waals surface area contributed by atoms with E-state index in [0.29, 0.717) is 22.5 Å². The minimum absolute atomic E-state index is 0.0268. The number of nitro benzene ring substituents is 1. The summed E-state index contributed by atoms with van der Waals surface area (Å²) in [6.07, 6.45) is 0. The number of nitrogens with zero attached hydrogens (tertiary/aromatic N) is 1. The lowest BCUT2D eigenvalue weighted by molar-refractivity contribution is -0.384. The van der Waals surface area contributed by atoms with Gasteiger partial charge in [0.1, 0.15) is 12.3 Å². The molecule has 0 heterocycles. The van der Waals surface area contributed by atoms with Gasteiger partial charge in [0.2, 0.25) is 0 Å². The lowest BCUT2D eigenvalue weighted by atomic mass is 10.1. The van der Waals surface area contributed by atoms with E-state index in [0.717, 1.165) is 0 Å². The van der Waals surface area contributed by atoms with Gasteiger partial charge in [-0.15, -0.1) is 0 Å². The molecule has 0 aliphatic carbocycles. The van der Waals surface area contributed by atoms with Crippen molar-refractivity contribution < 1.29 is 19.2 Å². The molecule has 0 aromatic heterocycles. The summed E-state index contributed by atoms with van der Waals surface area (Å²) in [5.41, 5.74) is 2.02. The second kappa shape index (κ2) is 9.33. The smallest absolute Gasteiger partial charge is 0.338 e. The van der Waals surface area contributed by atoms with Gasteiger partial charge in [-0.3, -0.25) is 14.9 Å². The minimum Gasteiger partial charge on any atom is -0.457 e. The third kappa shape index (κ3) is 4.99. The number of benzene rings is 3. The summed E-state index contributed by atoms with van der Waals surface area (Å²) < 4.78 is 5.24. The predicted molar refractivity (Wildman–Crippen MR) is 113 cm³/mol. The Morgan fingerprint density at radius 3 is 2.27 bits per heavy atom. The highest BCUT2D eigenvalue weighted by Gasteiger charge is 2.17. The van der Waals surface area contributed by atoms with Crippen LogP contribution in [-0.2, 0) is 11.3 Å². The van der Waals surface area contributed by atoms with E-state index in [1.54, 1.807) is 43.4 Å². The molecule has 0 saturated carbocycles. The maximum atomic E-state index is 12.3. The highest BCUT2D eigenvalue weighted by molar-refractivity contribution is 6.04. The molecule has 3 rings (SSSR count). The molecule has 0 saturated heterocycles. The van der Waals surface area contributed by atoms with Crippen molar-refractivity contribution >= 4 is 28.9 Å². The zero-order valence-corrected chi connectivity index (χ0v) is 16.1. The van der Waals surface area contributed by atoms with E-state index in [9.17, 15) is 19.7 Å². The largest absolute Gasteiger partial charge is 0.457 e. The summed E-state index contributed by atoms with van der Waals surface area (Å²) in [6, 6.07) is 19.8. The number of ether oxygens (including phenoxy) is 1. The number of hydrogen-bond donors (Lipinski definition) is 2. The molecule has 8 heteroatoms. The van der Waals surface area contributed by atoms with Crippen LogP contribution < -0.4 is 10.6 Å². The SMILES string of the molecule is CNc1ccc(C(=O)OCc2ccc(C(=O)Nc3ccccc3)cc2)cc1[N+](=O)[O-]. The van der Waals surface area contributed by atoms with Gasteiger partial charge in [0, 0.05) is 24.4 Å².